The van der Waals surface area contributed by atoms with E-state index in [1.807, 2.05) is 6.33 Å². The predicted octanol–water partition coefficient (Wildman–Crippen LogP) is 5.53. The summed E-state index contributed by atoms with van der Waals surface area (Å²) in [4.78, 5) is 7.87. The third kappa shape index (κ3) is 5.00. The maximum absolute atomic E-state index is 4.61. The second-order valence-corrected chi connectivity index (χ2v) is 6.20. The number of aromatic nitrogens is 2. The van der Waals surface area contributed by atoms with Crippen molar-refractivity contribution in [1.82, 2.24) is 9.97 Å². The summed E-state index contributed by atoms with van der Waals surface area (Å²) >= 11 is 0. The van der Waals surface area contributed by atoms with Gasteiger partial charge in [-0.25, -0.2) is 4.98 Å². The van der Waals surface area contributed by atoms with Crippen LogP contribution in [-0.4, -0.2) is 9.97 Å². The largest absolute Gasteiger partial charge is 0.348 e. The van der Waals surface area contributed by atoms with E-state index >= 15 is 0 Å². The van der Waals surface area contributed by atoms with Gasteiger partial charge in [-0.15, -0.1) is 0 Å². The van der Waals surface area contributed by atoms with Crippen LogP contribution < -0.4 is 0 Å². The maximum Gasteiger partial charge on any atom is 0.0925 e. The summed E-state index contributed by atoms with van der Waals surface area (Å²) in [5.41, 5.74) is 2.84. The van der Waals surface area contributed by atoms with E-state index in [1.54, 1.807) is 0 Å². The summed E-state index contributed by atoms with van der Waals surface area (Å²) in [7, 11) is 0. The molecular formula is C17H32N2. The van der Waals surface area contributed by atoms with E-state index in [-0.39, 0.29) is 5.41 Å². The lowest BCUT2D eigenvalue weighted by atomic mass is 9.76. The van der Waals surface area contributed by atoms with Crippen molar-refractivity contribution in [2.45, 2.75) is 90.9 Å². The molecule has 1 aromatic rings. The van der Waals surface area contributed by atoms with Gasteiger partial charge in [0.25, 0.3) is 0 Å². The molecule has 1 heterocycles. The summed E-state index contributed by atoms with van der Waals surface area (Å²) in [5, 5.41) is 0. The van der Waals surface area contributed by atoms with E-state index in [0.29, 0.717) is 0 Å². The van der Waals surface area contributed by atoms with Gasteiger partial charge in [0.15, 0.2) is 0 Å². The van der Waals surface area contributed by atoms with E-state index in [1.165, 1.54) is 69.2 Å². The van der Waals surface area contributed by atoms with Crippen LogP contribution in [0.15, 0.2) is 6.33 Å². The average molecular weight is 264 g/mol. The van der Waals surface area contributed by atoms with Crippen molar-refractivity contribution >= 4 is 0 Å². The number of unbranched alkanes of at least 4 members (excludes halogenated alkanes) is 5. The van der Waals surface area contributed by atoms with Crippen LogP contribution in [0.1, 0.15) is 89.9 Å². The monoisotopic (exact) mass is 264 g/mol. The molecule has 1 unspecified atom stereocenters. The van der Waals surface area contributed by atoms with Gasteiger partial charge in [-0.1, -0.05) is 65.7 Å². The standard InChI is InChI=1S/C17H32N2/c1-5-7-9-11-13-17(4,12-10-8-6-2)16-15(3)18-14-19-16/h14H,5-13H2,1-4H3,(H,18,19). The van der Waals surface area contributed by atoms with Gasteiger partial charge in [-0.2, -0.15) is 0 Å². The number of nitrogens with zero attached hydrogens (tertiary/aromatic N) is 1. The van der Waals surface area contributed by atoms with Crippen LogP contribution in [-0.2, 0) is 5.41 Å². The van der Waals surface area contributed by atoms with E-state index in [0.717, 1.165) is 0 Å². The zero-order valence-electron chi connectivity index (χ0n) is 13.4. The number of nitrogens with one attached hydrogen (secondary N) is 1. The Bertz CT molecular complexity index is 343. The number of aromatic amines is 1. The molecule has 19 heavy (non-hydrogen) atoms. The molecule has 0 bridgehead atoms. The summed E-state index contributed by atoms with van der Waals surface area (Å²) in [6.45, 7) is 9.13. The van der Waals surface area contributed by atoms with Crippen molar-refractivity contribution in [2.24, 2.45) is 0 Å². The fraction of sp³-hybridized carbons (Fsp3) is 0.824. The third-order valence-electron chi connectivity index (χ3n) is 4.32. The first-order valence-electron chi connectivity index (χ1n) is 8.14. The van der Waals surface area contributed by atoms with Crippen LogP contribution in [0.4, 0.5) is 0 Å². The minimum atomic E-state index is 0.271. The lowest BCUT2D eigenvalue weighted by Gasteiger charge is -2.29. The molecule has 1 N–H and O–H groups in total. The summed E-state index contributed by atoms with van der Waals surface area (Å²) in [6.07, 6.45) is 13.8. The molecule has 1 atom stereocenters. The molecule has 0 aliphatic carbocycles. The van der Waals surface area contributed by atoms with E-state index in [9.17, 15) is 0 Å². The number of hydrogen-bond acceptors (Lipinski definition) is 1. The van der Waals surface area contributed by atoms with Crippen LogP contribution in [0.3, 0.4) is 0 Å². The molecule has 0 saturated carbocycles. The van der Waals surface area contributed by atoms with Crippen molar-refractivity contribution < 1.29 is 0 Å². The molecule has 2 nitrogen and oxygen atoms in total. The van der Waals surface area contributed by atoms with E-state index < -0.39 is 0 Å². The third-order valence-corrected chi connectivity index (χ3v) is 4.32. The maximum atomic E-state index is 4.61. The Morgan fingerprint density at radius 2 is 1.58 bits per heavy atom. The quantitative estimate of drug-likeness (QED) is 0.553. The van der Waals surface area contributed by atoms with Gasteiger partial charge in [0.05, 0.1) is 12.0 Å². The highest BCUT2D eigenvalue weighted by atomic mass is 14.9. The first-order valence-corrected chi connectivity index (χ1v) is 8.14. The van der Waals surface area contributed by atoms with Crippen molar-refractivity contribution in [2.75, 3.05) is 0 Å². The normalized spacial score (nSPS) is 14.5. The number of H-pyrrole nitrogens is 1. The molecule has 1 rings (SSSR count). The number of hydrogen-bond donors (Lipinski definition) is 1. The van der Waals surface area contributed by atoms with Gasteiger partial charge < -0.3 is 4.98 Å². The SMILES string of the molecule is CCCCCCC(C)(CCCCC)c1nc[nH]c1C. The van der Waals surface area contributed by atoms with Crippen molar-refractivity contribution in [3.8, 4) is 0 Å². The minimum Gasteiger partial charge on any atom is -0.348 e. The number of imidazole rings is 1. The average Bonchev–Trinajstić information content (AvgIpc) is 2.82. The van der Waals surface area contributed by atoms with Gasteiger partial charge in [-0.3, -0.25) is 0 Å². The molecule has 2 heteroatoms. The molecule has 0 aliphatic heterocycles. The first kappa shape index (κ1) is 16.3. The smallest absolute Gasteiger partial charge is 0.0925 e. The van der Waals surface area contributed by atoms with Gasteiger partial charge >= 0.3 is 0 Å². The second-order valence-electron chi connectivity index (χ2n) is 6.20. The van der Waals surface area contributed by atoms with Gasteiger partial charge in [0.1, 0.15) is 0 Å². The van der Waals surface area contributed by atoms with Gasteiger partial charge in [-0.05, 0) is 19.8 Å². The van der Waals surface area contributed by atoms with Crippen LogP contribution in [0.2, 0.25) is 0 Å². The zero-order valence-corrected chi connectivity index (χ0v) is 13.4. The molecule has 0 aliphatic rings. The van der Waals surface area contributed by atoms with Crippen LogP contribution >= 0.6 is 0 Å². The molecule has 0 radical (unpaired) electrons. The predicted molar refractivity (Wildman–Crippen MR) is 83.6 cm³/mol. The summed E-state index contributed by atoms with van der Waals surface area (Å²) in [6, 6.07) is 0. The lowest BCUT2D eigenvalue weighted by Crippen LogP contribution is -2.23. The molecule has 0 saturated heterocycles. The van der Waals surface area contributed by atoms with Crippen molar-refractivity contribution in [3.63, 3.8) is 0 Å². The Morgan fingerprint density at radius 3 is 2.11 bits per heavy atom. The second kappa shape index (κ2) is 8.39. The topological polar surface area (TPSA) is 28.7 Å². The van der Waals surface area contributed by atoms with Crippen molar-refractivity contribution in [3.05, 3.63) is 17.7 Å². The highest BCUT2D eigenvalue weighted by Crippen LogP contribution is 2.35. The van der Waals surface area contributed by atoms with Crippen LogP contribution in [0.5, 0.6) is 0 Å². The Balaban J connectivity index is 2.64. The van der Waals surface area contributed by atoms with Gasteiger partial charge in [0.2, 0.25) is 0 Å². The fourth-order valence-corrected chi connectivity index (χ4v) is 3.04. The lowest BCUT2D eigenvalue weighted by molar-refractivity contribution is 0.356. The first-order chi connectivity index (χ1) is 9.14. The number of aryl methyl sites for hydroxylation is 1. The molecule has 0 fully saturated rings. The van der Waals surface area contributed by atoms with Crippen molar-refractivity contribution in [1.29, 1.82) is 0 Å². The highest BCUT2D eigenvalue weighted by Gasteiger charge is 2.29. The minimum absolute atomic E-state index is 0.271. The number of rotatable bonds is 10. The Morgan fingerprint density at radius 1 is 1.00 bits per heavy atom. The van der Waals surface area contributed by atoms with Crippen LogP contribution in [0.25, 0.3) is 0 Å². The molecular weight excluding hydrogens is 232 g/mol. The highest BCUT2D eigenvalue weighted by molar-refractivity contribution is 5.20. The molecule has 110 valence electrons. The molecule has 1 aromatic heterocycles. The molecule has 0 spiro atoms. The summed E-state index contributed by atoms with van der Waals surface area (Å²) < 4.78 is 0. The van der Waals surface area contributed by atoms with E-state index in [2.05, 4.69) is 37.7 Å². The Kier molecular flexibility index (Phi) is 7.19. The van der Waals surface area contributed by atoms with Gasteiger partial charge in [0, 0.05) is 11.1 Å². The van der Waals surface area contributed by atoms with E-state index in [4.69, 9.17) is 0 Å². The molecule has 0 amide bonds. The Labute approximate surface area is 119 Å². The summed E-state index contributed by atoms with van der Waals surface area (Å²) in [5.74, 6) is 0. The zero-order chi connectivity index (χ0) is 14.1. The Hall–Kier alpha value is -0.790. The fourth-order valence-electron chi connectivity index (χ4n) is 3.04. The van der Waals surface area contributed by atoms with Crippen LogP contribution in [0, 0.1) is 6.92 Å². The molecule has 0 aromatic carbocycles.